The number of aromatic nitrogens is 4. The highest BCUT2D eigenvalue weighted by Crippen LogP contribution is 2.34. The fourth-order valence-electron chi connectivity index (χ4n) is 3.61. The molecule has 180 valence electrons. The van der Waals surface area contributed by atoms with Crippen molar-refractivity contribution in [2.45, 2.75) is 6.42 Å². The summed E-state index contributed by atoms with van der Waals surface area (Å²) in [5.74, 6) is 0.425. The lowest BCUT2D eigenvalue weighted by molar-refractivity contribution is 0.102. The summed E-state index contributed by atoms with van der Waals surface area (Å²) in [5, 5.41) is 6.87. The van der Waals surface area contributed by atoms with Gasteiger partial charge >= 0.3 is 0 Å². The molecule has 0 aliphatic heterocycles. The lowest BCUT2D eigenvalue weighted by Gasteiger charge is -2.12. The molecule has 36 heavy (non-hydrogen) atoms. The van der Waals surface area contributed by atoms with E-state index in [0.717, 1.165) is 39.4 Å². The third-order valence-corrected chi connectivity index (χ3v) is 6.37. The molecule has 1 amide bonds. The van der Waals surface area contributed by atoms with Crippen LogP contribution in [0.2, 0.25) is 0 Å². The van der Waals surface area contributed by atoms with Crippen LogP contribution < -0.4 is 15.4 Å². The number of amides is 1. The van der Waals surface area contributed by atoms with E-state index in [1.165, 1.54) is 11.3 Å². The monoisotopic (exact) mass is 496 g/mol. The van der Waals surface area contributed by atoms with Crippen molar-refractivity contribution < 1.29 is 9.53 Å². The first-order valence-corrected chi connectivity index (χ1v) is 12.4. The van der Waals surface area contributed by atoms with Crippen LogP contribution in [-0.2, 0) is 0 Å². The predicted octanol–water partition coefficient (Wildman–Crippen LogP) is 5.06. The molecule has 2 N–H and O–H groups in total. The number of nitrogens with one attached hydrogen (secondary N) is 2. The molecule has 9 heteroatoms. The van der Waals surface area contributed by atoms with Crippen molar-refractivity contribution in [2.75, 3.05) is 25.5 Å². The van der Waals surface area contributed by atoms with Gasteiger partial charge in [-0.2, -0.15) is 4.98 Å². The van der Waals surface area contributed by atoms with Gasteiger partial charge in [-0.3, -0.25) is 4.79 Å². The number of anilines is 1. The molecule has 0 bridgehead atoms. The van der Waals surface area contributed by atoms with E-state index in [4.69, 9.17) is 9.72 Å². The highest BCUT2D eigenvalue weighted by Gasteiger charge is 2.17. The quantitative estimate of drug-likeness (QED) is 0.275. The number of rotatable bonds is 9. The Hall–Kier alpha value is -4.21. The first-order valence-electron chi connectivity index (χ1n) is 11.6. The van der Waals surface area contributed by atoms with Gasteiger partial charge in [0.2, 0.25) is 5.88 Å². The second-order valence-electron chi connectivity index (χ2n) is 7.93. The van der Waals surface area contributed by atoms with Crippen molar-refractivity contribution in [1.82, 2.24) is 25.3 Å². The zero-order valence-corrected chi connectivity index (χ0v) is 20.5. The minimum atomic E-state index is -0.360. The fraction of sp³-hybridized carbons (Fsp3) is 0.148. The summed E-state index contributed by atoms with van der Waals surface area (Å²) >= 11 is 1.48. The molecule has 0 fully saturated rings. The van der Waals surface area contributed by atoms with Crippen molar-refractivity contribution >= 4 is 33.3 Å². The third-order valence-electron chi connectivity index (χ3n) is 5.36. The standard InChI is InChI=1S/C27H24N6O2S/c1-28-14-8-16-35-23-17-22(30-24(33-23)18-9-3-2-4-10-18)25(34)31-20-12-6-5-11-19(20)26-32-21-13-7-15-29-27(21)36-26/h2-7,9-13,15,17,28H,8,14,16H2,1H3,(H,31,34). The summed E-state index contributed by atoms with van der Waals surface area (Å²) < 4.78 is 5.85. The zero-order valence-electron chi connectivity index (χ0n) is 19.6. The van der Waals surface area contributed by atoms with Crippen molar-refractivity contribution in [3.05, 3.63) is 84.7 Å². The van der Waals surface area contributed by atoms with E-state index < -0.39 is 0 Å². The van der Waals surface area contributed by atoms with Gasteiger partial charge in [-0.05, 0) is 44.3 Å². The van der Waals surface area contributed by atoms with Crippen LogP contribution in [0.1, 0.15) is 16.9 Å². The van der Waals surface area contributed by atoms with E-state index in [9.17, 15) is 4.79 Å². The molecule has 0 aliphatic rings. The second kappa shape index (κ2) is 11.0. The number of pyridine rings is 1. The number of nitrogens with zero attached hydrogens (tertiary/aromatic N) is 4. The van der Waals surface area contributed by atoms with Gasteiger partial charge in [0.05, 0.1) is 12.3 Å². The molecular formula is C27H24N6O2S. The Morgan fingerprint density at radius 2 is 1.81 bits per heavy atom. The number of carbonyl (C=O) groups is 1. The average molecular weight is 497 g/mol. The predicted molar refractivity (Wildman–Crippen MR) is 142 cm³/mol. The van der Waals surface area contributed by atoms with Crippen LogP contribution in [0.3, 0.4) is 0 Å². The first-order chi connectivity index (χ1) is 17.7. The summed E-state index contributed by atoms with van der Waals surface area (Å²) in [5.41, 5.74) is 3.29. The number of hydrogen-bond acceptors (Lipinski definition) is 8. The van der Waals surface area contributed by atoms with Crippen LogP contribution in [-0.4, -0.2) is 46.0 Å². The highest BCUT2D eigenvalue weighted by atomic mass is 32.1. The van der Waals surface area contributed by atoms with Gasteiger partial charge < -0.3 is 15.4 Å². The maximum Gasteiger partial charge on any atom is 0.274 e. The van der Waals surface area contributed by atoms with Gasteiger partial charge in [0.15, 0.2) is 5.82 Å². The molecule has 5 rings (SSSR count). The van der Waals surface area contributed by atoms with Gasteiger partial charge in [0.1, 0.15) is 21.0 Å². The van der Waals surface area contributed by atoms with E-state index in [1.54, 1.807) is 12.3 Å². The molecular weight excluding hydrogens is 472 g/mol. The van der Waals surface area contributed by atoms with E-state index in [2.05, 4.69) is 25.6 Å². The molecule has 0 spiro atoms. The Labute approximate surface area is 212 Å². The van der Waals surface area contributed by atoms with Crippen LogP contribution in [0.4, 0.5) is 5.69 Å². The van der Waals surface area contributed by atoms with Crippen molar-refractivity contribution in [3.63, 3.8) is 0 Å². The Bertz CT molecular complexity index is 1460. The second-order valence-corrected chi connectivity index (χ2v) is 8.91. The SMILES string of the molecule is CNCCCOc1cc(C(=O)Nc2ccccc2-c2nc3cccnc3s2)nc(-c2ccccc2)n1. The largest absolute Gasteiger partial charge is 0.478 e. The summed E-state index contributed by atoms with van der Waals surface area (Å²) in [6.45, 7) is 1.30. The number of ether oxygens (including phenoxy) is 1. The maximum absolute atomic E-state index is 13.4. The Morgan fingerprint density at radius 3 is 2.64 bits per heavy atom. The zero-order chi connectivity index (χ0) is 24.7. The van der Waals surface area contributed by atoms with Crippen LogP contribution in [0, 0.1) is 0 Å². The van der Waals surface area contributed by atoms with Gasteiger partial charge in [0.25, 0.3) is 5.91 Å². The summed E-state index contributed by atoms with van der Waals surface area (Å²) in [6, 6.07) is 22.5. The average Bonchev–Trinajstić information content (AvgIpc) is 3.36. The first kappa shape index (κ1) is 23.5. The molecule has 2 aromatic carbocycles. The third kappa shape index (κ3) is 5.37. The van der Waals surface area contributed by atoms with Gasteiger partial charge in [-0.1, -0.05) is 53.8 Å². The maximum atomic E-state index is 13.4. The molecule has 3 heterocycles. The molecule has 8 nitrogen and oxygen atoms in total. The fourth-order valence-corrected chi connectivity index (χ4v) is 4.55. The summed E-state index contributed by atoms with van der Waals surface area (Å²) in [7, 11) is 1.89. The summed E-state index contributed by atoms with van der Waals surface area (Å²) in [4.78, 5) is 32.4. The number of hydrogen-bond donors (Lipinski definition) is 2. The number of thiazole rings is 1. The number of fused-ring (bicyclic) bond motifs is 1. The molecule has 0 aliphatic carbocycles. The molecule has 0 saturated heterocycles. The molecule has 0 radical (unpaired) electrons. The number of carbonyl (C=O) groups excluding carboxylic acids is 1. The molecule has 0 unspecified atom stereocenters. The normalized spacial score (nSPS) is 10.9. The van der Waals surface area contributed by atoms with E-state index in [1.807, 2.05) is 73.8 Å². The smallest absolute Gasteiger partial charge is 0.274 e. The van der Waals surface area contributed by atoms with Crippen LogP contribution in [0.25, 0.3) is 32.3 Å². The van der Waals surface area contributed by atoms with Crippen molar-refractivity contribution in [2.24, 2.45) is 0 Å². The molecule has 0 saturated carbocycles. The van der Waals surface area contributed by atoms with E-state index in [0.29, 0.717) is 24.0 Å². The van der Waals surface area contributed by atoms with Gasteiger partial charge in [-0.15, -0.1) is 0 Å². The Balaban J connectivity index is 1.45. The number of benzene rings is 2. The number of para-hydroxylation sites is 1. The molecule has 3 aromatic heterocycles. The topological polar surface area (TPSA) is 102 Å². The van der Waals surface area contributed by atoms with Crippen molar-refractivity contribution in [3.8, 4) is 27.8 Å². The van der Waals surface area contributed by atoms with Crippen LogP contribution in [0.5, 0.6) is 5.88 Å². The molecule has 5 aromatic rings. The minimum Gasteiger partial charge on any atom is -0.478 e. The Morgan fingerprint density at radius 1 is 0.972 bits per heavy atom. The lowest BCUT2D eigenvalue weighted by Crippen LogP contribution is -2.16. The Kier molecular flexibility index (Phi) is 7.20. The van der Waals surface area contributed by atoms with E-state index >= 15 is 0 Å². The van der Waals surface area contributed by atoms with Gasteiger partial charge in [-0.25, -0.2) is 15.0 Å². The van der Waals surface area contributed by atoms with E-state index in [-0.39, 0.29) is 11.6 Å². The van der Waals surface area contributed by atoms with Crippen molar-refractivity contribution in [1.29, 1.82) is 0 Å². The van der Waals surface area contributed by atoms with Crippen LogP contribution in [0.15, 0.2) is 79.0 Å². The molecule has 0 atom stereocenters. The van der Waals surface area contributed by atoms with Crippen LogP contribution >= 0.6 is 11.3 Å². The minimum absolute atomic E-state index is 0.216. The lowest BCUT2D eigenvalue weighted by atomic mass is 10.1. The highest BCUT2D eigenvalue weighted by molar-refractivity contribution is 7.21. The summed E-state index contributed by atoms with van der Waals surface area (Å²) in [6.07, 6.45) is 2.56. The van der Waals surface area contributed by atoms with Gasteiger partial charge in [0, 0.05) is 23.4 Å².